The number of ether oxygens (including phenoxy) is 2. The minimum Gasteiger partial charge on any atom is -0.493 e. The zero-order valence-corrected chi connectivity index (χ0v) is 20.6. The maximum Gasteiger partial charge on any atom is 0.329 e. The highest BCUT2D eigenvalue weighted by atomic mass is 35.5. The number of hydrazone groups is 1. The molecule has 3 aromatic rings. The van der Waals surface area contributed by atoms with Gasteiger partial charge in [0.25, 0.3) is 0 Å². The third-order valence-corrected chi connectivity index (χ3v) is 5.74. The number of carbonyl (C=O) groups is 2. The molecule has 0 bridgehead atoms. The van der Waals surface area contributed by atoms with Gasteiger partial charge >= 0.3 is 11.8 Å². The molecule has 10 heteroatoms. The van der Waals surface area contributed by atoms with E-state index in [-0.39, 0.29) is 17.2 Å². The molecule has 0 unspecified atom stereocenters. The first-order valence-corrected chi connectivity index (χ1v) is 11.1. The Labute approximate surface area is 211 Å². The van der Waals surface area contributed by atoms with E-state index < -0.39 is 17.6 Å². The SMILES string of the molecule is COc1cc(/C(C)=N/NC(=O)C(=O)Nc2ccc(C)c(Cl)c2)ccc1OCc1c(F)cccc1Cl. The Bertz CT molecular complexity index is 1280. The van der Waals surface area contributed by atoms with Crippen LogP contribution in [0.2, 0.25) is 10.0 Å². The Morgan fingerprint density at radius 2 is 1.77 bits per heavy atom. The molecule has 3 rings (SSSR count). The van der Waals surface area contributed by atoms with Crippen molar-refractivity contribution in [2.24, 2.45) is 5.10 Å². The Morgan fingerprint density at radius 1 is 1.00 bits per heavy atom. The van der Waals surface area contributed by atoms with E-state index in [4.69, 9.17) is 32.7 Å². The second-order valence-electron chi connectivity index (χ2n) is 7.41. The van der Waals surface area contributed by atoms with Crippen LogP contribution in [0.25, 0.3) is 0 Å². The monoisotopic (exact) mass is 517 g/mol. The van der Waals surface area contributed by atoms with Crippen LogP contribution in [0.5, 0.6) is 11.5 Å². The molecule has 0 aliphatic carbocycles. The lowest BCUT2D eigenvalue weighted by Gasteiger charge is -2.13. The molecular formula is C25H22Cl2FN3O4. The molecule has 2 amide bonds. The summed E-state index contributed by atoms with van der Waals surface area (Å²) in [6, 6.07) is 14.2. The predicted molar refractivity (Wildman–Crippen MR) is 134 cm³/mol. The van der Waals surface area contributed by atoms with Crippen molar-refractivity contribution in [3.8, 4) is 11.5 Å². The minimum absolute atomic E-state index is 0.0916. The molecule has 3 aromatic carbocycles. The van der Waals surface area contributed by atoms with E-state index in [0.29, 0.717) is 33.5 Å². The smallest absolute Gasteiger partial charge is 0.329 e. The average Bonchev–Trinajstić information content (AvgIpc) is 2.84. The maximum atomic E-state index is 14.0. The minimum atomic E-state index is -0.949. The number of hydrogen-bond acceptors (Lipinski definition) is 5. The van der Waals surface area contributed by atoms with Crippen LogP contribution in [0.1, 0.15) is 23.6 Å². The summed E-state index contributed by atoms with van der Waals surface area (Å²) in [5, 5.41) is 7.16. The third kappa shape index (κ3) is 6.71. The van der Waals surface area contributed by atoms with Gasteiger partial charge in [0.1, 0.15) is 12.4 Å². The number of methoxy groups -OCH3 is 1. The van der Waals surface area contributed by atoms with Crippen LogP contribution in [-0.4, -0.2) is 24.6 Å². The van der Waals surface area contributed by atoms with Crippen molar-refractivity contribution in [2.45, 2.75) is 20.5 Å². The summed E-state index contributed by atoms with van der Waals surface area (Å²) in [6.45, 7) is 3.38. The summed E-state index contributed by atoms with van der Waals surface area (Å²) in [4.78, 5) is 24.3. The van der Waals surface area contributed by atoms with Crippen LogP contribution < -0.4 is 20.2 Å². The Kier molecular flexibility index (Phi) is 8.68. The van der Waals surface area contributed by atoms with Gasteiger partial charge in [-0.2, -0.15) is 5.10 Å². The molecule has 0 fully saturated rings. The maximum absolute atomic E-state index is 14.0. The van der Waals surface area contributed by atoms with Gasteiger partial charge in [-0.3, -0.25) is 9.59 Å². The molecule has 0 aliphatic rings. The molecule has 0 heterocycles. The van der Waals surface area contributed by atoms with E-state index in [1.54, 1.807) is 49.4 Å². The zero-order valence-electron chi connectivity index (χ0n) is 19.1. The Balaban J connectivity index is 1.65. The van der Waals surface area contributed by atoms with Gasteiger partial charge in [-0.05, 0) is 61.9 Å². The summed E-state index contributed by atoms with van der Waals surface area (Å²) in [7, 11) is 1.46. The van der Waals surface area contributed by atoms with Crippen molar-refractivity contribution in [3.63, 3.8) is 0 Å². The second-order valence-corrected chi connectivity index (χ2v) is 8.23. The average molecular weight is 518 g/mol. The van der Waals surface area contributed by atoms with E-state index in [9.17, 15) is 14.0 Å². The first-order valence-electron chi connectivity index (χ1n) is 10.4. The van der Waals surface area contributed by atoms with E-state index in [0.717, 1.165) is 5.56 Å². The first-order chi connectivity index (χ1) is 16.7. The number of amides is 2. The van der Waals surface area contributed by atoms with Crippen LogP contribution in [-0.2, 0) is 16.2 Å². The molecule has 0 atom stereocenters. The normalized spacial score (nSPS) is 11.1. The van der Waals surface area contributed by atoms with Crippen LogP contribution in [0.15, 0.2) is 59.7 Å². The molecular weight excluding hydrogens is 496 g/mol. The lowest BCUT2D eigenvalue weighted by molar-refractivity contribution is -0.136. The van der Waals surface area contributed by atoms with E-state index in [2.05, 4.69) is 15.8 Å². The van der Waals surface area contributed by atoms with E-state index in [1.165, 1.54) is 19.2 Å². The van der Waals surface area contributed by atoms with Crippen molar-refractivity contribution < 1.29 is 23.5 Å². The summed E-state index contributed by atoms with van der Waals surface area (Å²) in [5.74, 6) is -1.58. The number of anilines is 1. The molecule has 182 valence electrons. The molecule has 0 saturated heterocycles. The topological polar surface area (TPSA) is 89.0 Å². The summed E-state index contributed by atoms with van der Waals surface area (Å²) in [6.07, 6.45) is 0. The molecule has 35 heavy (non-hydrogen) atoms. The highest BCUT2D eigenvalue weighted by Gasteiger charge is 2.15. The van der Waals surface area contributed by atoms with Crippen molar-refractivity contribution in [1.29, 1.82) is 0 Å². The van der Waals surface area contributed by atoms with E-state index in [1.807, 2.05) is 6.92 Å². The quantitative estimate of drug-likeness (QED) is 0.245. The van der Waals surface area contributed by atoms with Gasteiger partial charge in [-0.1, -0.05) is 35.3 Å². The van der Waals surface area contributed by atoms with Crippen molar-refractivity contribution in [3.05, 3.63) is 87.2 Å². The standard InChI is InChI=1S/C25H22Cl2FN3O4/c1-14-7-9-17(12-20(14)27)29-24(32)25(33)31-30-15(2)16-8-10-22(23(11-16)34-3)35-13-18-19(26)5-4-6-21(18)28/h4-12H,13H2,1-3H3,(H,29,32)(H,31,33)/b30-15+. The number of aryl methyl sites for hydroxylation is 1. The molecule has 0 saturated carbocycles. The molecule has 0 radical (unpaired) electrons. The first kappa shape index (κ1) is 26.0. The predicted octanol–water partition coefficient (Wildman–Crippen LogP) is 5.51. The fourth-order valence-electron chi connectivity index (χ4n) is 2.94. The zero-order chi connectivity index (χ0) is 25.5. The van der Waals surface area contributed by atoms with Gasteiger partial charge in [-0.15, -0.1) is 0 Å². The largest absolute Gasteiger partial charge is 0.493 e. The van der Waals surface area contributed by atoms with Gasteiger partial charge in [-0.25, -0.2) is 9.82 Å². The number of rotatable bonds is 7. The van der Waals surface area contributed by atoms with Gasteiger partial charge in [0, 0.05) is 21.8 Å². The molecule has 0 aromatic heterocycles. The van der Waals surface area contributed by atoms with Crippen molar-refractivity contribution in [1.82, 2.24) is 5.43 Å². The van der Waals surface area contributed by atoms with Crippen molar-refractivity contribution >= 4 is 46.4 Å². The second kappa shape index (κ2) is 11.7. The van der Waals surface area contributed by atoms with Gasteiger partial charge < -0.3 is 14.8 Å². The number of benzene rings is 3. The highest BCUT2D eigenvalue weighted by molar-refractivity contribution is 6.40. The Morgan fingerprint density at radius 3 is 2.46 bits per heavy atom. The number of halogens is 3. The van der Waals surface area contributed by atoms with Crippen LogP contribution in [0, 0.1) is 12.7 Å². The summed E-state index contributed by atoms with van der Waals surface area (Å²) < 4.78 is 25.0. The third-order valence-electron chi connectivity index (χ3n) is 4.98. The molecule has 7 nitrogen and oxygen atoms in total. The van der Waals surface area contributed by atoms with Gasteiger partial charge in [0.2, 0.25) is 0 Å². The lowest BCUT2D eigenvalue weighted by atomic mass is 10.1. The van der Waals surface area contributed by atoms with Crippen molar-refractivity contribution in [2.75, 3.05) is 12.4 Å². The van der Waals surface area contributed by atoms with Gasteiger partial charge in [0.15, 0.2) is 11.5 Å². The van der Waals surface area contributed by atoms with Crippen LogP contribution in [0.4, 0.5) is 10.1 Å². The number of nitrogens with one attached hydrogen (secondary N) is 2. The van der Waals surface area contributed by atoms with Gasteiger partial charge in [0.05, 0.1) is 17.8 Å². The summed E-state index contributed by atoms with van der Waals surface area (Å²) >= 11 is 12.1. The number of hydrogen-bond donors (Lipinski definition) is 2. The molecule has 0 spiro atoms. The number of carbonyl (C=O) groups excluding carboxylic acids is 2. The van der Waals surface area contributed by atoms with Crippen LogP contribution >= 0.6 is 23.2 Å². The van der Waals surface area contributed by atoms with E-state index >= 15 is 0 Å². The number of nitrogens with zero attached hydrogens (tertiary/aromatic N) is 1. The fraction of sp³-hybridized carbons (Fsp3) is 0.160. The molecule has 0 aliphatic heterocycles. The molecule has 2 N–H and O–H groups in total. The lowest BCUT2D eigenvalue weighted by Crippen LogP contribution is -2.32. The van der Waals surface area contributed by atoms with Crippen LogP contribution in [0.3, 0.4) is 0 Å². The fourth-order valence-corrected chi connectivity index (χ4v) is 3.34. The highest BCUT2D eigenvalue weighted by Crippen LogP contribution is 2.30. The Hall–Kier alpha value is -3.62. The summed E-state index contributed by atoms with van der Waals surface area (Å²) in [5.41, 5.74) is 4.68.